The zero-order chi connectivity index (χ0) is 18.7. The van der Waals surface area contributed by atoms with Gasteiger partial charge < -0.3 is 4.90 Å². The van der Waals surface area contributed by atoms with Crippen molar-refractivity contribution in [3.63, 3.8) is 0 Å². The monoisotopic (exact) mass is 373 g/mol. The quantitative estimate of drug-likeness (QED) is 0.892. The maximum atomic E-state index is 12.7. The topological polar surface area (TPSA) is 79.4 Å². The summed E-state index contributed by atoms with van der Waals surface area (Å²) in [4.78, 5) is 18.6. The van der Waals surface area contributed by atoms with Gasteiger partial charge in [-0.2, -0.15) is 0 Å². The van der Waals surface area contributed by atoms with Crippen molar-refractivity contribution in [1.29, 1.82) is 0 Å². The molecule has 138 valence electrons. The molecule has 1 N–H and O–H groups in total. The average Bonchev–Trinajstić information content (AvgIpc) is 2.64. The van der Waals surface area contributed by atoms with Crippen LogP contribution in [-0.4, -0.2) is 43.3 Å². The van der Waals surface area contributed by atoms with Crippen LogP contribution in [0, 0.1) is 13.8 Å². The van der Waals surface area contributed by atoms with Gasteiger partial charge in [-0.3, -0.25) is 9.78 Å². The number of pyridine rings is 1. The van der Waals surface area contributed by atoms with E-state index in [1.54, 1.807) is 42.3 Å². The van der Waals surface area contributed by atoms with E-state index in [-0.39, 0.29) is 11.9 Å². The number of sulfonamides is 1. The van der Waals surface area contributed by atoms with Crippen molar-refractivity contribution in [3.8, 4) is 0 Å². The van der Waals surface area contributed by atoms with Gasteiger partial charge in [0.15, 0.2) is 0 Å². The van der Waals surface area contributed by atoms with Crippen LogP contribution in [0.2, 0.25) is 0 Å². The van der Waals surface area contributed by atoms with Gasteiger partial charge in [0, 0.05) is 25.3 Å². The molecule has 0 atom stereocenters. The van der Waals surface area contributed by atoms with Gasteiger partial charge in [0.25, 0.3) is 5.91 Å². The summed E-state index contributed by atoms with van der Waals surface area (Å²) < 4.78 is 28.2. The Balaban J connectivity index is 1.63. The van der Waals surface area contributed by atoms with E-state index in [0.717, 1.165) is 11.1 Å². The smallest absolute Gasteiger partial charge is 0.272 e. The van der Waals surface area contributed by atoms with Crippen molar-refractivity contribution in [2.45, 2.75) is 37.6 Å². The molecule has 0 unspecified atom stereocenters. The molecule has 1 amide bonds. The molecule has 0 aliphatic carbocycles. The highest BCUT2D eigenvalue weighted by Gasteiger charge is 2.28. The van der Waals surface area contributed by atoms with Crippen LogP contribution in [-0.2, 0) is 10.0 Å². The van der Waals surface area contributed by atoms with Gasteiger partial charge in [0.05, 0.1) is 4.90 Å². The maximum Gasteiger partial charge on any atom is 0.272 e. The summed E-state index contributed by atoms with van der Waals surface area (Å²) in [5.74, 6) is -0.110. The molecule has 1 aliphatic rings. The fraction of sp³-hybridized carbons (Fsp3) is 0.368. The molecule has 2 aromatic rings. The third-order valence-electron chi connectivity index (χ3n) is 4.62. The van der Waals surface area contributed by atoms with Crippen LogP contribution in [0.3, 0.4) is 0 Å². The summed E-state index contributed by atoms with van der Waals surface area (Å²) >= 11 is 0. The fourth-order valence-electron chi connectivity index (χ4n) is 3.13. The number of carbonyl (C=O) groups is 1. The Morgan fingerprint density at radius 1 is 1.15 bits per heavy atom. The minimum atomic E-state index is -3.57. The Labute approximate surface area is 154 Å². The van der Waals surface area contributed by atoms with Crippen molar-refractivity contribution in [2.24, 2.45) is 0 Å². The first kappa shape index (κ1) is 18.5. The van der Waals surface area contributed by atoms with Gasteiger partial charge in [0.2, 0.25) is 10.0 Å². The second kappa shape index (κ2) is 7.55. The first-order chi connectivity index (χ1) is 12.4. The number of aryl methyl sites for hydroxylation is 2. The van der Waals surface area contributed by atoms with Gasteiger partial charge in [-0.15, -0.1) is 0 Å². The highest BCUT2D eigenvalue weighted by Crippen LogP contribution is 2.20. The van der Waals surface area contributed by atoms with E-state index < -0.39 is 10.0 Å². The summed E-state index contributed by atoms with van der Waals surface area (Å²) in [6, 6.07) is 10.5. The van der Waals surface area contributed by atoms with Gasteiger partial charge in [-0.25, -0.2) is 13.1 Å². The lowest BCUT2D eigenvalue weighted by Crippen LogP contribution is -2.46. The third-order valence-corrected chi connectivity index (χ3v) is 6.28. The minimum Gasteiger partial charge on any atom is -0.337 e. The number of likely N-dealkylation sites (tertiary alicyclic amines) is 1. The highest BCUT2D eigenvalue weighted by atomic mass is 32.2. The number of hydrogen-bond donors (Lipinski definition) is 1. The summed E-state index contributed by atoms with van der Waals surface area (Å²) in [6.45, 7) is 4.69. The summed E-state index contributed by atoms with van der Waals surface area (Å²) in [5, 5.41) is 0. The van der Waals surface area contributed by atoms with Crippen molar-refractivity contribution in [2.75, 3.05) is 13.1 Å². The summed E-state index contributed by atoms with van der Waals surface area (Å²) in [6.07, 6.45) is 2.77. The lowest BCUT2D eigenvalue weighted by Gasteiger charge is -2.32. The third kappa shape index (κ3) is 4.11. The number of piperidine rings is 1. The van der Waals surface area contributed by atoms with E-state index in [1.165, 1.54) is 0 Å². The number of benzene rings is 1. The average molecular weight is 373 g/mol. The zero-order valence-corrected chi connectivity index (χ0v) is 15.8. The van der Waals surface area contributed by atoms with Crippen LogP contribution in [0.15, 0.2) is 47.5 Å². The van der Waals surface area contributed by atoms with Crippen molar-refractivity contribution >= 4 is 15.9 Å². The van der Waals surface area contributed by atoms with Crippen molar-refractivity contribution < 1.29 is 13.2 Å². The van der Waals surface area contributed by atoms with E-state index >= 15 is 0 Å². The van der Waals surface area contributed by atoms with Crippen LogP contribution in [0.5, 0.6) is 0 Å². The molecule has 0 spiro atoms. The molecule has 26 heavy (non-hydrogen) atoms. The molecule has 2 heterocycles. The Morgan fingerprint density at radius 2 is 1.88 bits per heavy atom. The van der Waals surface area contributed by atoms with Crippen LogP contribution >= 0.6 is 0 Å². The van der Waals surface area contributed by atoms with Crippen molar-refractivity contribution in [1.82, 2.24) is 14.6 Å². The van der Waals surface area contributed by atoms with E-state index in [1.807, 2.05) is 19.1 Å². The molecule has 1 saturated heterocycles. The number of aromatic nitrogens is 1. The van der Waals surface area contributed by atoms with Gasteiger partial charge in [0.1, 0.15) is 5.69 Å². The number of rotatable bonds is 4. The molecule has 6 nitrogen and oxygen atoms in total. The van der Waals surface area contributed by atoms with Crippen LogP contribution < -0.4 is 4.72 Å². The first-order valence-electron chi connectivity index (χ1n) is 8.67. The van der Waals surface area contributed by atoms with Crippen LogP contribution in [0.1, 0.15) is 34.5 Å². The number of amides is 1. The lowest BCUT2D eigenvalue weighted by atomic mass is 10.1. The second-order valence-corrected chi connectivity index (χ2v) is 8.35. The van der Waals surface area contributed by atoms with Crippen molar-refractivity contribution in [3.05, 3.63) is 59.4 Å². The normalized spacial score (nSPS) is 15.8. The van der Waals surface area contributed by atoms with E-state index in [2.05, 4.69) is 9.71 Å². The van der Waals surface area contributed by atoms with Gasteiger partial charge >= 0.3 is 0 Å². The van der Waals surface area contributed by atoms with Gasteiger partial charge in [-0.05, 0) is 56.0 Å². The number of nitrogens with zero attached hydrogens (tertiary/aromatic N) is 2. The molecular weight excluding hydrogens is 350 g/mol. The predicted octanol–water partition coefficient (Wildman–Crippen LogP) is 2.28. The van der Waals surface area contributed by atoms with E-state index in [0.29, 0.717) is 36.5 Å². The Morgan fingerprint density at radius 3 is 2.54 bits per heavy atom. The number of hydrogen-bond acceptors (Lipinski definition) is 4. The Hall–Kier alpha value is -2.25. The number of carbonyl (C=O) groups excluding carboxylic acids is 1. The van der Waals surface area contributed by atoms with E-state index in [4.69, 9.17) is 0 Å². The summed E-state index contributed by atoms with van der Waals surface area (Å²) in [7, 11) is -3.57. The van der Waals surface area contributed by atoms with Gasteiger partial charge in [-0.1, -0.05) is 18.2 Å². The standard InChI is InChI=1S/C19H23N3O3S/c1-14-6-7-15(2)18(13-14)26(24,25)21-16-8-11-22(12-9-16)19(23)17-5-3-4-10-20-17/h3-7,10,13,16,21H,8-9,11-12H2,1-2H3. The van der Waals surface area contributed by atoms with E-state index in [9.17, 15) is 13.2 Å². The molecule has 0 bridgehead atoms. The SMILES string of the molecule is Cc1ccc(C)c(S(=O)(=O)NC2CCN(C(=O)c3ccccn3)CC2)c1. The molecule has 1 fully saturated rings. The van der Waals surface area contributed by atoms with Crippen LogP contribution in [0.25, 0.3) is 0 Å². The fourth-order valence-corrected chi connectivity index (χ4v) is 4.77. The molecule has 1 aromatic carbocycles. The summed E-state index contributed by atoms with van der Waals surface area (Å²) in [5.41, 5.74) is 2.06. The molecule has 1 aromatic heterocycles. The predicted molar refractivity (Wildman–Crippen MR) is 99.4 cm³/mol. The molecule has 3 rings (SSSR count). The maximum absolute atomic E-state index is 12.7. The molecule has 1 aliphatic heterocycles. The number of nitrogens with one attached hydrogen (secondary N) is 1. The first-order valence-corrected chi connectivity index (χ1v) is 10.1. The molecule has 7 heteroatoms. The molecule has 0 saturated carbocycles. The minimum absolute atomic E-state index is 0.110. The van der Waals surface area contributed by atoms with Crippen LogP contribution in [0.4, 0.5) is 0 Å². The molecule has 0 radical (unpaired) electrons. The largest absolute Gasteiger partial charge is 0.337 e. The Bertz CT molecular complexity index is 890. The Kier molecular flexibility index (Phi) is 5.38. The molecular formula is C19H23N3O3S. The lowest BCUT2D eigenvalue weighted by molar-refractivity contribution is 0.0705. The zero-order valence-electron chi connectivity index (χ0n) is 15.0. The second-order valence-electron chi connectivity index (χ2n) is 6.67. The highest BCUT2D eigenvalue weighted by molar-refractivity contribution is 7.89.